The van der Waals surface area contributed by atoms with E-state index in [-0.39, 0.29) is 39.6 Å². The number of benzene rings is 6. The molecule has 2 fully saturated rings. The summed E-state index contributed by atoms with van der Waals surface area (Å²) in [6.07, 6.45) is -9.81. The maximum Gasteiger partial charge on any atom is 0.187 e. The SMILES string of the molecule is OC[C@H]1O[C@H](O)[C@H](OCc2ccccc2)[C@@H](OCc2ccccc2)[C@@H]1O[C@H]1O[C@H](COCc2ccccc2)[C@@H](OCc2ccccc2)[C@H](OCc2ccccc2)[C@H]1OCc1ccccc1. The van der Waals surface area contributed by atoms with Crippen molar-refractivity contribution in [3.8, 4) is 0 Å². The van der Waals surface area contributed by atoms with Crippen molar-refractivity contribution in [3.63, 3.8) is 0 Å². The molecule has 0 aliphatic carbocycles. The van der Waals surface area contributed by atoms with E-state index in [1.807, 2.05) is 182 Å². The molecular formula is C54H58O11. The molecule has 0 saturated carbocycles. The van der Waals surface area contributed by atoms with E-state index in [1.165, 1.54) is 0 Å². The highest BCUT2D eigenvalue weighted by Gasteiger charge is 2.54. The molecule has 10 atom stereocenters. The average molecular weight is 883 g/mol. The minimum Gasteiger partial charge on any atom is -0.394 e. The molecule has 2 aliphatic heterocycles. The minimum atomic E-state index is -1.45. The second-order valence-corrected chi connectivity index (χ2v) is 16.2. The van der Waals surface area contributed by atoms with E-state index in [9.17, 15) is 10.2 Å². The zero-order valence-electron chi connectivity index (χ0n) is 36.3. The highest BCUT2D eigenvalue weighted by molar-refractivity contribution is 5.18. The number of ether oxygens (including phenoxy) is 9. The Balaban J connectivity index is 1.16. The van der Waals surface area contributed by atoms with Gasteiger partial charge in [0.2, 0.25) is 0 Å². The fourth-order valence-corrected chi connectivity index (χ4v) is 8.12. The smallest absolute Gasteiger partial charge is 0.187 e. The summed E-state index contributed by atoms with van der Waals surface area (Å²) in [6.45, 7) is 0.970. The van der Waals surface area contributed by atoms with Gasteiger partial charge in [-0.3, -0.25) is 0 Å². The summed E-state index contributed by atoms with van der Waals surface area (Å²) in [4.78, 5) is 0. The predicted molar refractivity (Wildman–Crippen MR) is 243 cm³/mol. The number of rotatable bonds is 22. The molecule has 2 N–H and O–H groups in total. The Kier molecular flexibility index (Phi) is 17.4. The Morgan fingerprint density at radius 2 is 0.692 bits per heavy atom. The first-order chi connectivity index (χ1) is 32.1. The van der Waals surface area contributed by atoms with Crippen molar-refractivity contribution in [1.29, 1.82) is 0 Å². The molecule has 8 rings (SSSR count). The Labute approximate surface area is 381 Å². The Morgan fingerprint density at radius 1 is 0.354 bits per heavy atom. The van der Waals surface area contributed by atoms with Crippen molar-refractivity contribution >= 4 is 0 Å². The quantitative estimate of drug-likeness (QED) is 0.0691. The highest BCUT2D eigenvalue weighted by Crippen LogP contribution is 2.36. The van der Waals surface area contributed by atoms with Crippen LogP contribution in [0.3, 0.4) is 0 Å². The third-order valence-electron chi connectivity index (χ3n) is 11.5. The van der Waals surface area contributed by atoms with E-state index >= 15 is 0 Å². The Bertz CT molecular complexity index is 2210. The lowest BCUT2D eigenvalue weighted by molar-refractivity contribution is -0.373. The van der Waals surface area contributed by atoms with Gasteiger partial charge in [0.05, 0.1) is 52.9 Å². The van der Waals surface area contributed by atoms with E-state index in [0.717, 1.165) is 33.4 Å². The van der Waals surface area contributed by atoms with Gasteiger partial charge in [-0.25, -0.2) is 0 Å². The molecule has 0 amide bonds. The average Bonchev–Trinajstić information content (AvgIpc) is 3.36. The molecule has 0 radical (unpaired) electrons. The summed E-state index contributed by atoms with van der Waals surface area (Å²) < 4.78 is 60.5. The van der Waals surface area contributed by atoms with Crippen LogP contribution in [0.5, 0.6) is 0 Å². The van der Waals surface area contributed by atoms with Crippen LogP contribution in [-0.4, -0.2) is 84.8 Å². The van der Waals surface area contributed by atoms with E-state index in [2.05, 4.69) is 0 Å². The summed E-state index contributed by atoms with van der Waals surface area (Å²) in [5, 5.41) is 22.5. The van der Waals surface area contributed by atoms with Crippen molar-refractivity contribution in [2.24, 2.45) is 0 Å². The minimum absolute atomic E-state index is 0.116. The molecule has 0 spiro atoms. The second-order valence-electron chi connectivity index (χ2n) is 16.2. The van der Waals surface area contributed by atoms with Crippen LogP contribution in [0.4, 0.5) is 0 Å². The standard InChI is InChI=1S/C54H58O11/c55-31-45-48(50(60-35-42-25-13-4-14-26-42)51(53(56)63-45)61-36-43-27-15-5-16-28-43)65-54-52(62-37-44-29-17-6-18-30-44)49(59-34-41-23-11-3-12-24-41)47(58-33-40-21-9-2-10-22-40)46(64-54)38-57-32-39-19-7-1-8-20-39/h1-30,45-56H,31-38H2/t45-,46-,47-,48-,49+,50+,51-,52-,53+,54-/m1/s1. The second kappa shape index (κ2) is 24.4. The first-order valence-electron chi connectivity index (χ1n) is 22.3. The molecule has 11 nitrogen and oxygen atoms in total. The van der Waals surface area contributed by atoms with Gasteiger partial charge in [0.1, 0.15) is 48.8 Å². The molecule has 65 heavy (non-hydrogen) atoms. The number of hydrogen-bond acceptors (Lipinski definition) is 11. The molecule has 0 aromatic heterocycles. The number of aliphatic hydroxyl groups excluding tert-OH is 2. The van der Waals surface area contributed by atoms with E-state index in [0.29, 0.717) is 6.61 Å². The maximum absolute atomic E-state index is 11.5. The summed E-state index contributed by atoms with van der Waals surface area (Å²) in [7, 11) is 0. The van der Waals surface area contributed by atoms with Gasteiger partial charge in [0, 0.05) is 0 Å². The zero-order valence-corrected chi connectivity index (χ0v) is 36.3. The van der Waals surface area contributed by atoms with Gasteiger partial charge in [0.15, 0.2) is 12.6 Å². The van der Waals surface area contributed by atoms with Crippen LogP contribution >= 0.6 is 0 Å². The van der Waals surface area contributed by atoms with Crippen molar-refractivity contribution in [2.75, 3.05) is 13.2 Å². The van der Waals surface area contributed by atoms with Gasteiger partial charge in [-0.05, 0) is 33.4 Å². The van der Waals surface area contributed by atoms with Crippen LogP contribution in [0.1, 0.15) is 33.4 Å². The maximum atomic E-state index is 11.5. The molecule has 2 heterocycles. The van der Waals surface area contributed by atoms with Gasteiger partial charge < -0.3 is 52.8 Å². The first-order valence-corrected chi connectivity index (χ1v) is 22.3. The summed E-state index contributed by atoms with van der Waals surface area (Å²) in [6, 6.07) is 59.0. The highest BCUT2D eigenvalue weighted by atomic mass is 16.7. The third-order valence-corrected chi connectivity index (χ3v) is 11.5. The fraction of sp³-hybridized carbons (Fsp3) is 0.333. The normalized spacial score (nSPS) is 25.6. The fourth-order valence-electron chi connectivity index (χ4n) is 8.12. The summed E-state index contributed by atoms with van der Waals surface area (Å²) in [5.41, 5.74) is 5.66. The van der Waals surface area contributed by atoms with Crippen LogP contribution in [0.2, 0.25) is 0 Å². The Hall–Kier alpha value is -5.12. The lowest BCUT2D eigenvalue weighted by atomic mass is 9.95. The molecule has 6 aromatic rings. The van der Waals surface area contributed by atoms with Crippen molar-refractivity contribution < 1.29 is 52.8 Å². The van der Waals surface area contributed by atoms with E-state index < -0.39 is 68.0 Å². The Morgan fingerprint density at radius 3 is 1.09 bits per heavy atom. The van der Waals surface area contributed by atoms with Crippen molar-refractivity contribution in [1.82, 2.24) is 0 Å². The van der Waals surface area contributed by atoms with E-state index in [1.54, 1.807) is 0 Å². The van der Waals surface area contributed by atoms with Gasteiger partial charge in [-0.2, -0.15) is 0 Å². The zero-order chi connectivity index (χ0) is 44.5. The van der Waals surface area contributed by atoms with Gasteiger partial charge in [-0.1, -0.05) is 182 Å². The molecule has 2 saturated heterocycles. The van der Waals surface area contributed by atoms with Crippen LogP contribution in [-0.2, 0) is 82.3 Å². The molecule has 2 aliphatic rings. The van der Waals surface area contributed by atoms with Crippen molar-refractivity contribution in [2.45, 2.75) is 101 Å². The monoisotopic (exact) mass is 882 g/mol. The first kappa shape index (κ1) is 46.4. The van der Waals surface area contributed by atoms with Crippen LogP contribution < -0.4 is 0 Å². The molecule has 340 valence electrons. The topological polar surface area (TPSA) is 124 Å². The summed E-state index contributed by atoms with van der Waals surface area (Å²) in [5.74, 6) is 0. The number of hydrogen-bond donors (Lipinski definition) is 2. The molecule has 0 bridgehead atoms. The lowest BCUT2D eigenvalue weighted by Crippen LogP contribution is -2.66. The molecule has 0 unspecified atom stereocenters. The summed E-state index contributed by atoms with van der Waals surface area (Å²) >= 11 is 0. The third kappa shape index (κ3) is 13.3. The lowest BCUT2D eigenvalue weighted by Gasteiger charge is -2.49. The van der Waals surface area contributed by atoms with Crippen molar-refractivity contribution in [3.05, 3.63) is 215 Å². The molecule has 11 heteroatoms. The predicted octanol–water partition coefficient (Wildman–Crippen LogP) is 7.95. The van der Waals surface area contributed by atoms with Gasteiger partial charge in [0.25, 0.3) is 0 Å². The largest absolute Gasteiger partial charge is 0.394 e. The van der Waals surface area contributed by atoms with Gasteiger partial charge >= 0.3 is 0 Å². The number of aliphatic hydroxyl groups is 2. The molecule has 6 aromatic carbocycles. The van der Waals surface area contributed by atoms with Crippen LogP contribution in [0.25, 0.3) is 0 Å². The van der Waals surface area contributed by atoms with Crippen LogP contribution in [0, 0.1) is 0 Å². The van der Waals surface area contributed by atoms with E-state index in [4.69, 9.17) is 42.6 Å². The molecular weight excluding hydrogens is 825 g/mol. The van der Waals surface area contributed by atoms with Crippen LogP contribution in [0.15, 0.2) is 182 Å². The van der Waals surface area contributed by atoms with Gasteiger partial charge in [-0.15, -0.1) is 0 Å².